The van der Waals surface area contributed by atoms with Crippen molar-refractivity contribution in [2.75, 3.05) is 13.2 Å². The van der Waals surface area contributed by atoms with E-state index in [1.165, 1.54) is 0 Å². The minimum Gasteiger partial charge on any atom is -0.490 e. The van der Waals surface area contributed by atoms with Crippen molar-refractivity contribution in [2.45, 2.75) is 69.2 Å². The van der Waals surface area contributed by atoms with E-state index >= 15 is 0 Å². The summed E-state index contributed by atoms with van der Waals surface area (Å²) >= 11 is 0. The fourth-order valence-electron chi connectivity index (χ4n) is 1.74. The van der Waals surface area contributed by atoms with Gasteiger partial charge in [-0.3, -0.25) is 0 Å². The van der Waals surface area contributed by atoms with Crippen molar-refractivity contribution in [3.8, 4) is 11.5 Å². The second-order valence-electron chi connectivity index (χ2n) is 4.23. The standard InChI is InChI=1S/C16H18O2.4C2H6/c1-13-7-3-5-9-15(13)17-11-12-18-16-10-6-4-8-14(16)2;4*1-2/h3-10H,11-12H2,1-2H3;4*1-2H3. The van der Waals surface area contributed by atoms with Gasteiger partial charge in [-0.25, -0.2) is 0 Å². The van der Waals surface area contributed by atoms with Gasteiger partial charge in [-0.05, 0) is 37.1 Å². The van der Waals surface area contributed by atoms with Crippen LogP contribution in [0, 0.1) is 13.8 Å². The number of rotatable bonds is 5. The molecule has 0 aliphatic rings. The summed E-state index contributed by atoms with van der Waals surface area (Å²) in [4.78, 5) is 0. The Hall–Kier alpha value is -1.96. The number of hydrogen-bond acceptors (Lipinski definition) is 2. The topological polar surface area (TPSA) is 18.5 Å². The van der Waals surface area contributed by atoms with Gasteiger partial charge < -0.3 is 9.47 Å². The number of ether oxygens (including phenoxy) is 2. The minimum absolute atomic E-state index is 0.555. The summed E-state index contributed by atoms with van der Waals surface area (Å²) in [5.41, 5.74) is 2.29. The van der Waals surface area contributed by atoms with Crippen LogP contribution in [0.5, 0.6) is 11.5 Å². The van der Waals surface area contributed by atoms with Gasteiger partial charge in [0.1, 0.15) is 24.7 Å². The van der Waals surface area contributed by atoms with Crippen molar-refractivity contribution in [2.24, 2.45) is 0 Å². The Morgan fingerprint density at radius 1 is 0.500 bits per heavy atom. The zero-order valence-electron chi connectivity index (χ0n) is 18.8. The molecule has 0 bridgehead atoms. The second-order valence-corrected chi connectivity index (χ2v) is 4.23. The Kier molecular flexibility index (Phi) is 25.5. The Bertz CT molecular complexity index is 460. The summed E-state index contributed by atoms with van der Waals surface area (Å²) in [6, 6.07) is 16.0. The molecule has 2 aromatic carbocycles. The van der Waals surface area contributed by atoms with Crippen LogP contribution in [0.25, 0.3) is 0 Å². The zero-order chi connectivity index (χ0) is 20.8. The summed E-state index contributed by atoms with van der Waals surface area (Å²) in [5, 5.41) is 0. The fourth-order valence-corrected chi connectivity index (χ4v) is 1.74. The molecular formula is C24H42O2. The van der Waals surface area contributed by atoms with E-state index in [0.29, 0.717) is 13.2 Å². The third-order valence-corrected chi connectivity index (χ3v) is 2.79. The predicted molar refractivity (Wildman–Crippen MR) is 119 cm³/mol. The smallest absolute Gasteiger partial charge is 0.122 e. The third kappa shape index (κ3) is 13.3. The largest absolute Gasteiger partial charge is 0.490 e. The van der Waals surface area contributed by atoms with E-state index in [4.69, 9.17) is 9.47 Å². The van der Waals surface area contributed by atoms with Crippen LogP contribution < -0.4 is 9.47 Å². The van der Waals surface area contributed by atoms with Crippen molar-refractivity contribution >= 4 is 0 Å². The van der Waals surface area contributed by atoms with E-state index in [9.17, 15) is 0 Å². The number of aryl methyl sites for hydroxylation is 2. The maximum atomic E-state index is 5.67. The van der Waals surface area contributed by atoms with Gasteiger partial charge in [0.15, 0.2) is 0 Å². The van der Waals surface area contributed by atoms with Gasteiger partial charge in [0, 0.05) is 0 Å². The predicted octanol–water partition coefficient (Wildman–Crippen LogP) is 7.87. The monoisotopic (exact) mass is 362 g/mol. The van der Waals surface area contributed by atoms with Gasteiger partial charge in [-0.2, -0.15) is 0 Å². The van der Waals surface area contributed by atoms with Crippen LogP contribution in [0.2, 0.25) is 0 Å². The SMILES string of the molecule is CC.CC.CC.CC.Cc1ccccc1OCCOc1ccccc1C. The highest BCUT2D eigenvalue weighted by atomic mass is 16.5. The molecule has 0 N–H and O–H groups in total. The van der Waals surface area contributed by atoms with E-state index in [0.717, 1.165) is 22.6 Å². The average molecular weight is 363 g/mol. The number of benzene rings is 2. The Labute approximate surface area is 163 Å². The first kappa shape index (κ1) is 28.8. The summed E-state index contributed by atoms with van der Waals surface area (Å²) < 4.78 is 11.3. The fraction of sp³-hybridized carbons (Fsp3) is 0.500. The van der Waals surface area contributed by atoms with E-state index in [2.05, 4.69) is 0 Å². The van der Waals surface area contributed by atoms with Crippen LogP contribution in [0.1, 0.15) is 66.5 Å². The van der Waals surface area contributed by atoms with Crippen LogP contribution in [-0.4, -0.2) is 13.2 Å². The van der Waals surface area contributed by atoms with Gasteiger partial charge in [0.25, 0.3) is 0 Å². The summed E-state index contributed by atoms with van der Waals surface area (Å²) in [5.74, 6) is 1.84. The molecule has 0 heterocycles. The van der Waals surface area contributed by atoms with Crippen molar-refractivity contribution in [3.05, 3.63) is 59.7 Å². The van der Waals surface area contributed by atoms with Crippen molar-refractivity contribution in [1.29, 1.82) is 0 Å². The van der Waals surface area contributed by atoms with Crippen molar-refractivity contribution in [1.82, 2.24) is 0 Å². The molecule has 150 valence electrons. The molecule has 2 rings (SSSR count). The molecule has 2 heteroatoms. The molecule has 2 nitrogen and oxygen atoms in total. The summed E-state index contributed by atoms with van der Waals surface area (Å²) in [7, 11) is 0. The lowest BCUT2D eigenvalue weighted by atomic mass is 10.2. The summed E-state index contributed by atoms with van der Waals surface area (Å²) in [6.45, 7) is 21.2. The molecule has 0 saturated heterocycles. The molecule has 0 aliphatic carbocycles. The lowest BCUT2D eigenvalue weighted by molar-refractivity contribution is 0.215. The van der Waals surface area contributed by atoms with Gasteiger partial charge >= 0.3 is 0 Å². The van der Waals surface area contributed by atoms with Crippen LogP contribution in [0.15, 0.2) is 48.5 Å². The first-order chi connectivity index (χ1) is 12.8. The maximum absolute atomic E-state index is 5.67. The molecule has 26 heavy (non-hydrogen) atoms. The Balaban J connectivity index is -0.000000585. The zero-order valence-corrected chi connectivity index (χ0v) is 18.8. The molecule has 0 atom stereocenters. The van der Waals surface area contributed by atoms with Gasteiger partial charge in [0.05, 0.1) is 0 Å². The Morgan fingerprint density at radius 2 is 0.769 bits per heavy atom. The van der Waals surface area contributed by atoms with Crippen molar-refractivity contribution in [3.63, 3.8) is 0 Å². The lowest BCUT2D eigenvalue weighted by Gasteiger charge is -2.11. The molecule has 0 aromatic heterocycles. The molecule has 0 spiro atoms. The molecule has 0 unspecified atom stereocenters. The normalized spacial score (nSPS) is 7.92. The summed E-state index contributed by atoms with van der Waals surface area (Å²) in [6.07, 6.45) is 0. The van der Waals surface area contributed by atoms with Crippen LogP contribution in [0.3, 0.4) is 0 Å². The van der Waals surface area contributed by atoms with Gasteiger partial charge in [-0.1, -0.05) is 91.8 Å². The maximum Gasteiger partial charge on any atom is 0.122 e. The quantitative estimate of drug-likeness (QED) is 0.504. The average Bonchev–Trinajstić information content (AvgIpc) is 2.74. The highest BCUT2D eigenvalue weighted by Crippen LogP contribution is 2.17. The minimum atomic E-state index is 0.555. The third-order valence-electron chi connectivity index (χ3n) is 2.79. The van der Waals surface area contributed by atoms with Crippen molar-refractivity contribution < 1.29 is 9.47 Å². The van der Waals surface area contributed by atoms with Crippen LogP contribution in [-0.2, 0) is 0 Å². The number of hydrogen-bond donors (Lipinski definition) is 0. The molecule has 0 amide bonds. The van der Waals surface area contributed by atoms with E-state index in [1.807, 2.05) is 118 Å². The van der Waals surface area contributed by atoms with E-state index in [1.54, 1.807) is 0 Å². The highest BCUT2D eigenvalue weighted by molar-refractivity contribution is 5.32. The van der Waals surface area contributed by atoms with E-state index < -0.39 is 0 Å². The Morgan fingerprint density at radius 3 is 1.04 bits per heavy atom. The molecule has 0 saturated carbocycles. The first-order valence-electron chi connectivity index (χ1n) is 10.1. The van der Waals surface area contributed by atoms with Gasteiger partial charge in [0.2, 0.25) is 0 Å². The van der Waals surface area contributed by atoms with Crippen LogP contribution in [0.4, 0.5) is 0 Å². The highest BCUT2D eigenvalue weighted by Gasteiger charge is 1.99. The molecular weight excluding hydrogens is 320 g/mol. The van der Waals surface area contributed by atoms with Crippen LogP contribution >= 0.6 is 0 Å². The molecule has 0 aliphatic heterocycles. The first-order valence-corrected chi connectivity index (χ1v) is 10.1. The number of para-hydroxylation sites is 2. The molecule has 0 fully saturated rings. The molecule has 2 aromatic rings. The second kappa shape index (κ2) is 23.0. The lowest BCUT2D eigenvalue weighted by Crippen LogP contribution is -2.10. The van der Waals surface area contributed by atoms with Gasteiger partial charge in [-0.15, -0.1) is 0 Å². The molecule has 0 radical (unpaired) electrons. The van der Waals surface area contributed by atoms with E-state index in [-0.39, 0.29) is 0 Å².